The van der Waals surface area contributed by atoms with E-state index < -0.39 is 0 Å². The largest absolute Gasteiger partial charge is 0.336 e. The quantitative estimate of drug-likeness (QED) is 0.370. The summed E-state index contributed by atoms with van der Waals surface area (Å²) in [5.74, 6) is 1.14. The van der Waals surface area contributed by atoms with E-state index in [4.69, 9.17) is 0 Å². The highest BCUT2D eigenvalue weighted by Crippen LogP contribution is 2.30. The molecule has 0 aliphatic heterocycles. The third-order valence-electron chi connectivity index (χ3n) is 5.88. The van der Waals surface area contributed by atoms with E-state index in [0.717, 1.165) is 22.8 Å². The maximum atomic E-state index is 13.3. The average molecular weight is 465 g/mol. The van der Waals surface area contributed by atoms with Gasteiger partial charge >= 0.3 is 5.69 Å². The van der Waals surface area contributed by atoms with E-state index in [0.29, 0.717) is 18.5 Å². The number of thioether (sulfide) groups is 1. The van der Waals surface area contributed by atoms with Crippen LogP contribution in [0, 0.1) is 5.92 Å². The van der Waals surface area contributed by atoms with Gasteiger partial charge in [-0.2, -0.15) is 0 Å². The first-order chi connectivity index (χ1) is 15.8. The summed E-state index contributed by atoms with van der Waals surface area (Å²) < 4.78 is 5.17. The van der Waals surface area contributed by atoms with E-state index >= 15 is 0 Å². The molecule has 0 aliphatic carbocycles. The van der Waals surface area contributed by atoms with Gasteiger partial charge in [0.15, 0.2) is 0 Å². The van der Waals surface area contributed by atoms with E-state index in [-0.39, 0.29) is 17.2 Å². The topological polar surface area (TPSA) is 52.2 Å². The first-order valence-corrected chi connectivity index (χ1v) is 12.3. The monoisotopic (exact) mass is 464 g/mol. The fraction of sp³-hybridized carbons (Fsp3) is 0.385. The van der Waals surface area contributed by atoms with Crippen molar-refractivity contribution in [1.29, 1.82) is 0 Å². The second-order valence-electron chi connectivity index (χ2n) is 9.26. The van der Waals surface area contributed by atoms with E-state index in [1.54, 1.807) is 23.4 Å². The molecule has 0 unspecified atom stereocenters. The average Bonchev–Trinajstić information content (AvgIpc) is 3.13. The van der Waals surface area contributed by atoms with Crippen LogP contribution < -0.4 is 11.2 Å². The van der Waals surface area contributed by atoms with Crippen molar-refractivity contribution in [2.24, 2.45) is 13.0 Å². The first kappa shape index (κ1) is 23.4. The van der Waals surface area contributed by atoms with Crippen molar-refractivity contribution < 1.29 is 0 Å². The summed E-state index contributed by atoms with van der Waals surface area (Å²) in [5.41, 5.74) is 1.44. The van der Waals surface area contributed by atoms with Crippen LogP contribution in [0.25, 0.3) is 21.7 Å². The zero-order valence-corrected chi connectivity index (χ0v) is 20.9. The standard InChI is InChI=1S/C26H32N4O2S/c1-18(2)15-30-22-17-29(16-20-11-8-10-19-9-6-7-12-21(19)20)25(33-14-13-27(3)4)23(22)24(31)28(5)26(30)32/h6-12,17-18H,13-16H2,1-5H3. The molecule has 7 heteroatoms. The van der Waals surface area contributed by atoms with Crippen LogP contribution in [0.3, 0.4) is 0 Å². The molecule has 2 aromatic carbocycles. The molecule has 0 radical (unpaired) electrons. The smallest absolute Gasteiger partial charge is 0.331 e. The van der Waals surface area contributed by atoms with Crippen molar-refractivity contribution in [3.8, 4) is 0 Å². The molecule has 0 aliphatic rings. The molecule has 0 N–H and O–H groups in total. The van der Waals surface area contributed by atoms with Crippen LogP contribution in [0.4, 0.5) is 0 Å². The molecular weight excluding hydrogens is 432 g/mol. The molecule has 0 spiro atoms. The Morgan fingerprint density at radius 1 is 1.03 bits per heavy atom. The Morgan fingerprint density at radius 2 is 1.76 bits per heavy atom. The fourth-order valence-electron chi connectivity index (χ4n) is 4.22. The lowest BCUT2D eigenvalue weighted by Gasteiger charge is -2.13. The van der Waals surface area contributed by atoms with Crippen LogP contribution in [-0.4, -0.2) is 45.0 Å². The zero-order valence-electron chi connectivity index (χ0n) is 20.0. The molecule has 2 heterocycles. The summed E-state index contributed by atoms with van der Waals surface area (Å²) >= 11 is 1.69. The number of hydrogen-bond donors (Lipinski definition) is 0. The second-order valence-corrected chi connectivity index (χ2v) is 10.3. The van der Waals surface area contributed by atoms with Crippen molar-refractivity contribution in [1.82, 2.24) is 18.6 Å². The van der Waals surface area contributed by atoms with Crippen LogP contribution in [0.1, 0.15) is 19.4 Å². The van der Waals surface area contributed by atoms with Crippen LogP contribution in [0.2, 0.25) is 0 Å². The highest BCUT2D eigenvalue weighted by molar-refractivity contribution is 7.99. The molecule has 0 fully saturated rings. The highest BCUT2D eigenvalue weighted by Gasteiger charge is 2.20. The van der Waals surface area contributed by atoms with Crippen molar-refractivity contribution in [2.45, 2.75) is 32.0 Å². The Morgan fingerprint density at radius 3 is 2.48 bits per heavy atom. The van der Waals surface area contributed by atoms with Gasteiger partial charge in [0.1, 0.15) is 0 Å². The van der Waals surface area contributed by atoms with Gasteiger partial charge in [-0.05, 0) is 36.3 Å². The van der Waals surface area contributed by atoms with Crippen LogP contribution in [0.15, 0.2) is 63.3 Å². The Balaban J connectivity index is 1.93. The Hall–Kier alpha value is -2.77. The van der Waals surface area contributed by atoms with Gasteiger partial charge in [-0.3, -0.25) is 13.9 Å². The summed E-state index contributed by atoms with van der Waals surface area (Å²) in [5, 5.41) is 3.97. The van der Waals surface area contributed by atoms with Crippen molar-refractivity contribution >= 4 is 33.4 Å². The Kier molecular flexibility index (Phi) is 6.81. The summed E-state index contributed by atoms with van der Waals surface area (Å²) in [6.07, 6.45) is 2.00. The number of fused-ring (bicyclic) bond motifs is 2. The molecule has 0 saturated carbocycles. The third kappa shape index (κ3) is 4.66. The third-order valence-corrected chi connectivity index (χ3v) is 6.98. The second kappa shape index (κ2) is 9.61. The van der Waals surface area contributed by atoms with E-state index in [9.17, 15) is 9.59 Å². The minimum Gasteiger partial charge on any atom is -0.336 e. The van der Waals surface area contributed by atoms with Gasteiger partial charge in [0.05, 0.1) is 15.9 Å². The Bertz CT molecular complexity index is 1410. The minimum absolute atomic E-state index is 0.223. The maximum absolute atomic E-state index is 13.3. The summed E-state index contributed by atoms with van der Waals surface area (Å²) in [6, 6.07) is 14.7. The van der Waals surface area contributed by atoms with Crippen LogP contribution in [0.5, 0.6) is 0 Å². The number of nitrogens with zero attached hydrogens (tertiary/aromatic N) is 4. The Labute approximate surface area is 198 Å². The molecular formula is C26H32N4O2S. The molecule has 2 aromatic heterocycles. The lowest BCUT2D eigenvalue weighted by atomic mass is 10.0. The van der Waals surface area contributed by atoms with Gasteiger partial charge in [-0.25, -0.2) is 4.79 Å². The van der Waals surface area contributed by atoms with Crippen LogP contribution >= 0.6 is 11.8 Å². The van der Waals surface area contributed by atoms with Crippen molar-refractivity contribution in [3.63, 3.8) is 0 Å². The SMILES string of the molecule is CC(C)Cn1c(=O)n(C)c(=O)c2c(SCCN(C)C)n(Cc3cccc4ccccc34)cc21. The molecule has 0 amide bonds. The van der Waals surface area contributed by atoms with Crippen LogP contribution in [-0.2, 0) is 20.1 Å². The van der Waals surface area contributed by atoms with E-state index in [2.05, 4.69) is 59.7 Å². The molecule has 174 valence electrons. The number of benzene rings is 2. The minimum atomic E-state index is -0.256. The molecule has 0 atom stereocenters. The molecule has 6 nitrogen and oxygen atoms in total. The predicted octanol–water partition coefficient (Wildman–Crippen LogP) is 4.01. The number of rotatable bonds is 8. The molecule has 0 saturated heterocycles. The van der Waals surface area contributed by atoms with Gasteiger partial charge in [-0.1, -0.05) is 56.3 Å². The summed E-state index contributed by atoms with van der Waals surface area (Å²) in [7, 11) is 5.68. The normalized spacial score (nSPS) is 12.0. The summed E-state index contributed by atoms with van der Waals surface area (Å²) in [6.45, 7) is 6.28. The zero-order chi connectivity index (χ0) is 23.7. The van der Waals surface area contributed by atoms with Gasteiger partial charge in [0.25, 0.3) is 5.56 Å². The van der Waals surface area contributed by atoms with Gasteiger partial charge in [-0.15, -0.1) is 11.8 Å². The van der Waals surface area contributed by atoms with Gasteiger partial charge in [0, 0.05) is 38.6 Å². The number of hydrogen-bond acceptors (Lipinski definition) is 4. The van der Waals surface area contributed by atoms with Crippen molar-refractivity contribution in [2.75, 3.05) is 26.4 Å². The predicted molar refractivity (Wildman–Crippen MR) is 139 cm³/mol. The lowest BCUT2D eigenvalue weighted by Crippen LogP contribution is -2.38. The molecule has 0 bridgehead atoms. The van der Waals surface area contributed by atoms with E-state index in [1.165, 1.54) is 20.9 Å². The molecule has 33 heavy (non-hydrogen) atoms. The number of aromatic nitrogens is 3. The molecule has 4 rings (SSSR count). The lowest BCUT2D eigenvalue weighted by molar-refractivity contribution is 0.437. The maximum Gasteiger partial charge on any atom is 0.331 e. The fourth-order valence-corrected chi connectivity index (χ4v) is 5.49. The van der Waals surface area contributed by atoms with Gasteiger partial charge in [0.2, 0.25) is 0 Å². The van der Waals surface area contributed by atoms with E-state index in [1.807, 2.05) is 26.4 Å². The molecule has 4 aromatic rings. The first-order valence-electron chi connectivity index (χ1n) is 11.3. The van der Waals surface area contributed by atoms with Gasteiger partial charge < -0.3 is 9.47 Å². The summed E-state index contributed by atoms with van der Waals surface area (Å²) in [4.78, 5) is 28.4. The van der Waals surface area contributed by atoms with Crippen molar-refractivity contribution in [3.05, 3.63) is 75.1 Å². The highest BCUT2D eigenvalue weighted by atomic mass is 32.2.